The van der Waals surface area contributed by atoms with Gasteiger partial charge in [0, 0.05) is 12.2 Å². The van der Waals surface area contributed by atoms with Crippen molar-refractivity contribution in [3.63, 3.8) is 0 Å². The van der Waals surface area contributed by atoms with E-state index < -0.39 is 29.8 Å². The fourth-order valence-electron chi connectivity index (χ4n) is 3.02. The van der Waals surface area contributed by atoms with Crippen molar-refractivity contribution in [3.8, 4) is 0 Å². The average molecular weight is 394 g/mol. The van der Waals surface area contributed by atoms with Gasteiger partial charge in [-0.15, -0.1) is 0 Å². The van der Waals surface area contributed by atoms with E-state index in [1.807, 2.05) is 19.1 Å². The van der Waals surface area contributed by atoms with E-state index in [0.717, 1.165) is 16.9 Å². The number of aryl methyl sites for hydroxylation is 1. The maximum Gasteiger partial charge on any atom is 0.308 e. The Morgan fingerprint density at radius 3 is 2.14 bits per heavy atom. The topological polar surface area (TPSA) is 92.8 Å². The van der Waals surface area contributed by atoms with Crippen molar-refractivity contribution in [2.45, 2.75) is 32.8 Å². The first-order valence-corrected chi connectivity index (χ1v) is 9.45. The molecule has 1 N–H and O–H groups in total. The van der Waals surface area contributed by atoms with Crippen LogP contribution in [0.5, 0.6) is 0 Å². The Morgan fingerprint density at radius 1 is 1.00 bits per heavy atom. The van der Waals surface area contributed by atoms with E-state index in [-0.39, 0.29) is 13.0 Å². The number of fused-ring (bicyclic) bond motifs is 1. The number of carbonyl (C=O) groups excluding carboxylic acids is 4. The van der Waals surface area contributed by atoms with Crippen LogP contribution < -0.4 is 5.32 Å². The first kappa shape index (κ1) is 20.3. The summed E-state index contributed by atoms with van der Waals surface area (Å²) in [4.78, 5) is 49.9. The maximum atomic E-state index is 12.3. The average Bonchev–Trinajstić information content (AvgIpc) is 2.97. The van der Waals surface area contributed by atoms with Crippen molar-refractivity contribution >= 4 is 29.4 Å². The highest BCUT2D eigenvalue weighted by Gasteiger charge is 2.35. The zero-order valence-corrected chi connectivity index (χ0v) is 16.3. The number of rotatable bonds is 7. The van der Waals surface area contributed by atoms with Gasteiger partial charge in [-0.2, -0.15) is 0 Å². The highest BCUT2D eigenvalue weighted by molar-refractivity contribution is 6.21. The second-order valence-electron chi connectivity index (χ2n) is 6.73. The molecule has 1 atom stereocenters. The summed E-state index contributed by atoms with van der Waals surface area (Å²) >= 11 is 0. The van der Waals surface area contributed by atoms with E-state index in [1.54, 1.807) is 36.4 Å². The Labute approximate surface area is 168 Å². The van der Waals surface area contributed by atoms with Crippen molar-refractivity contribution < 1.29 is 23.9 Å². The molecule has 1 heterocycles. The van der Waals surface area contributed by atoms with Crippen molar-refractivity contribution in [1.82, 2.24) is 4.90 Å². The molecule has 0 bridgehead atoms. The van der Waals surface area contributed by atoms with Gasteiger partial charge in [0.25, 0.3) is 17.7 Å². The Hall–Kier alpha value is -3.48. The predicted molar refractivity (Wildman–Crippen MR) is 106 cm³/mol. The summed E-state index contributed by atoms with van der Waals surface area (Å²) in [5, 5.41) is 2.69. The normalized spacial score (nSPS) is 13.8. The van der Waals surface area contributed by atoms with Gasteiger partial charge in [-0.1, -0.05) is 31.2 Å². The number of esters is 1. The molecule has 1 aliphatic rings. The highest BCUT2D eigenvalue weighted by Crippen LogP contribution is 2.22. The van der Waals surface area contributed by atoms with E-state index >= 15 is 0 Å². The van der Waals surface area contributed by atoms with Gasteiger partial charge >= 0.3 is 5.97 Å². The molecule has 0 saturated heterocycles. The first-order chi connectivity index (χ1) is 13.9. The van der Waals surface area contributed by atoms with Gasteiger partial charge in [-0.25, -0.2) is 0 Å². The molecule has 0 spiro atoms. The lowest BCUT2D eigenvalue weighted by molar-refractivity contribution is -0.153. The van der Waals surface area contributed by atoms with Crippen LogP contribution >= 0.6 is 0 Å². The summed E-state index contributed by atoms with van der Waals surface area (Å²) in [6, 6.07) is 13.9. The van der Waals surface area contributed by atoms with Crippen LogP contribution in [-0.2, 0) is 20.7 Å². The number of anilines is 1. The molecule has 0 aliphatic carbocycles. The molecular formula is C22H22N2O5. The standard InChI is InChI=1S/C22H22N2O5/c1-3-15-8-10-16(11-9-15)23-20(26)14(2)29-19(25)12-13-24-21(27)17-6-4-5-7-18(17)22(24)28/h4-11,14H,3,12-13H2,1-2H3,(H,23,26). The molecule has 0 saturated carbocycles. The van der Waals surface area contributed by atoms with E-state index in [1.165, 1.54) is 6.92 Å². The van der Waals surface area contributed by atoms with E-state index in [9.17, 15) is 19.2 Å². The summed E-state index contributed by atoms with van der Waals surface area (Å²) in [5.41, 5.74) is 2.41. The maximum absolute atomic E-state index is 12.3. The van der Waals surface area contributed by atoms with Gasteiger partial charge in [0.15, 0.2) is 6.10 Å². The molecule has 150 valence electrons. The largest absolute Gasteiger partial charge is 0.452 e. The molecule has 7 heteroatoms. The van der Waals surface area contributed by atoms with Gasteiger partial charge in [-0.3, -0.25) is 24.1 Å². The fraction of sp³-hybridized carbons (Fsp3) is 0.273. The molecule has 3 amide bonds. The highest BCUT2D eigenvalue weighted by atomic mass is 16.5. The third-order valence-corrected chi connectivity index (χ3v) is 4.72. The second-order valence-corrected chi connectivity index (χ2v) is 6.73. The molecule has 29 heavy (non-hydrogen) atoms. The molecule has 1 unspecified atom stereocenters. The van der Waals surface area contributed by atoms with Crippen molar-refractivity contribution in [2.24, 2.45) is 0 Å². The Balaban J connectivity index is 1.49. The summed E-state index contributed by atoms with van der Waals surface area (Å²) in [6.07, 6.45) is -0.292. The summed E-state index contributed by atoms with van der Waals surface area (Å²) in [6.45, 7) is 3.41. The predicted octanol–water partition coefficient (Wildman–Crippen LogP) is 2.81. The Bertz CT molecular complexity index is 917. The molecule has 0 aromatic heterocycles. The van der Waals surface area contributed by atoms with Crippen LogP contribution in [0, 0.1) is 0 Å². The van der Waals surface area contributed by atoms with Crippen molar-refractivity contribution in [2.75, 3.05) is 11.9 Å². The van der Waals surface area contributed by atoms with Gasteiger partial charge in [-0.05, 0) is 43.2 Å². The summed E-state index contributed by atoms with van der Waals surface area (Å²) < 4.78 is 5.14. The van der Waals surface area contributed by atoms with Gasteiger partial charge < -0.3 is 10.1 Å². The number of nitrogens with zero attached hydrogens (tertiary/aromatic N) is 1. The number of ether oxygens (including phenoxy) is 1. The molecule has 2 aromatic carbocycles. The third kappa shape index (κ3) is 4.51. The fourth-order valence-corrected chi connectivity index (χ4v) is 3.02. The van der Waals surface area contributed by atoms with Crippen LogP contribution in [0.1, 0.15) is 46.5 Å². The minimum absolute atomic E-state index is 0.0992. The zero-order chi connectivity index (χ0) is 21.0. The number of benzene rings is 2. The lowest BCUT2D eigenvalue weighted by Gasteiger charge is -2.16. The van der Waals surface area contributed by atoms with Gasteiger partial charge in [0.05, 0.1) is 17.5 Å². The molecule has 0 fully saturated rings. The number of amides is 3. The van der Waals surface area contributed by atoms with Crippen LogP contribution in [0.2, 0.25) is 0 Å². The molecule has 7 nitrogen and oxygen atoms in total. The number of nitrogens with one attached hydrogen (secondary N) is 1. The lowest BCUT2D eigenvalue weighted by atomic mass is 10.1. The zero-order valence-electron chi connectivity index (χ0n) is 16.3. The SMILES string of the molecule is CCc1ccc(NC(=O)C(C)OC(=O)CCN2C(=O)c3ccccc3C2=O)cc1. The molecule has 0 radical (unpaired) electrons. The van der Waals surface area contributed by atoms with E-state index in [4.69, 9.17) is 4.74 Å². The van der Waals surface area contributed by atoms with Crippen LogP contribution in [0.3, 0.4) is 0 Å². The minimum Gasteiger partial charge on any atom is -0.452 e. The number of hydrogen-bond acceptors (Lipinski definition) is 5. The van der Waals surface area contributed by atoms with Crippen molar-refractivity contribution in [1.29, 1.82) is 0 Å². The van der Waals surface area contributed by atoms with Crippen LogP contribution in [0.4, 0.5) is 5.69 Å². The minimum atomic E-state index is -1.00. The Kier molecular flexibility index (Phi) is 6.07. The monoisotopic (exact) mass is 394 g/mol. The Morgan fingerprint density at radius 2 is 1.59 bits per heavy atom. The van der Waals surface area contributed by atoms with E-state index in [0.29, 0.717) is 16.8 Å². The lowest BCUT2D eigenvalue weighted by Crippen LogP contribution is -2.34. The molecule has 2 aromatic rings. The number of hydrogen-bond donors (Lipinski definition) is 1. The summed E-state index contributed by atoms with van der Waals surface area (Å²) in [5.74, 6) is -1.98. The molecule has 1 aliphatic heterocycles. The van der Waals surface area contributed by atoms with Crippen LogP contribution in [-0.4, -0.2) is 41.2 Å². The first-order valence-electron chi connectivity index (χ1n) is 9.45. The van der Waals surface area contributed by atoms with Crippen molar-refractivity contribution in [3.05, 3.63) is 65.2 Å². The van der Waals surface area contributed by atoms with Gasteiger partial charge in [0.2, 0.25) is 0 Å². The van der Waals surface area contributed by atoms with Crippen LogP contribution in [0.15, 0.2) is 48.5 Å². The third-order valence-electron chi connectivity index (χ3n) is 4.72. The smallest absolute Gasteiger partial charge is 0.308 e. The number of carbonyl (C=O) groups is 4. The molecular weight excluding hydrogens is 372 g/mol. The van der Waals surface area contributed by atoms with E-state index in [2.05, 4.69) is 5.32 Å². The van der Waals surface area contributed by atoms with Crippen LogP contribution in [0.25, 0.3) is 0 Å². The quantitative estimate of drug-likeness (QED) is 0.576. The second kappa shape index (κ2) is 8.68. The summed E-state index contributed by atoms with van der Waals surface area (Å²) in [7, 11) is 0. The van der Waals surface area contributed by atoms with Gasteiger partial charge in [0.1, 0.15) is 0 Å². The number of imide groups is 1. The molecule has 3 rings (SSSR count).